The highest BCUT2D eigenvalue weighted by Gasteiger charge is 2.49. The van der Waals surface area contributed by atoms with E-state index in [1.165, 1.54) is 23.3 Å². The number of hydrogen-bond donors (Lipinski definition) is 2. The first kappa shape index (κ1) is 23.3. The lowest BCUT2D eigenvalue weighted by Gasteiger charge is -2.34. The first-order chi connectivity index (χ1) is 18.1. The van der Waals surface area contributed by atoms with E-state index in [0.29, 0.717) is 35.8 Å². The molecule has 1 aliphatic carbocycles. The minimum atomic E-state index is 0.305. The predicted octanol–water partition coefficient (Wildman–Crippen LogP) is 3.57. The molecular weight excluding hydrogens is 488 g/mol. The van der Waals surface area contributed by atoms with Crippen molar-refractivity contribution in [1.29, 1.82) is 0 Å². The molecule has 37 heavy (non-hydrogen) atoms. The minimum Gasteiger partial charge on any atom is -0.479 e. The third-order valence-electron chi connectivity index (χ3n) is 8.28. The van der Waals surface area contributed by atoms with Crippen LogP contribution < -0.4 is 10.1 Å². The van der Waals surface area contributed by atoms with Crippen LogP contribution in [0.1, 0.15) is 29.7 Å². The minimum absolute atomic E-state index is 0.305. The molecule has 0 aromatic carbocycles. The molecule has 2 saturated heterocycles. The summed E-state index contributed by atoms with van der Waals surface area (Å²) in [6.45, 7) is 2.27. The zero-order chi connectivity index (χ0) is 25.1. The van der Waals surface area contributed by atoms with Gasteiger partial charge in [0.2, 0.25) is 5.88 Å². The van der Waals surface area contributed by atoms with Gasteiger partial charge in [0.1, 0.15) is 35.0 Å². The summed E-state index contributed by atoms with van der Waals surface area (Å²) in [6.07, 6.45) is 9.72. The molecule has 7 rings (SSSR count). The van der Waals surface area contributed by atoms with Gasteiger partial charge in [0, 0.05) is 29.4 Å². The number of pyridine rings is 1. The highest BCUT2D eigenvalue weighted by Crippen LogP contribution is 2.45. The average molecular weight is 521 g/mol. The number of aromatic amines is 1. The number of methoxy groups -OCH3 is 1. The van der Waals surface area contributed by atoms with Gasteiger partial charge >= 0.3 is 0 Å². The van der Waals surface area contributed by atoms with Crippen LogP contribution in [0.3, 0.4) is 0 Å². The molecular formula is C26H32N8O2S. The molecule has 3 aliphatic rings. The molecule has 0 amide bonds. The van der Waals surface area contributed by atoms with Gasteiger partial charge in [0.25, 0.3) is 0 Å². The lowest BCUT2D eigenvalue weighted by Crippen LogP contribution is -2.44. The van der Waals surface area contributed by atoms with E-state index in [2.05, 4.69) is 54.4 Å². The van der Waals surface area contributed by atoms with E-state index in [1.54, 1.807) is 31.0 Å². The van der Waals surface area contributed by atoms with E-state index < -0.39 is 0 Å². The summed E-state index contributed by atoms with van der Waals surface area (Å²) in [7, 11) is 6.01. The zero-order valence-corrected chi connectivity index (χ0v) is 22.2. The lowest BCUT2D eigenvalue weighted by atomic mass is 9.85. The Morgan fingerprint density at radius 1 is 1.22 bits per heavy atom. The van der Waals surface area contributed by atoms with E-state index in [4.69, 9.17) is 9.47 Å². The molecule has 11 heteroatoms. The Balaban J connectivity index is 1.10. The SMILES string of the molecule is COc1nc2[nH]ncc2cc1Nc1ncnc2sc3c(c12)CCC(C1OC1N1CCC(N(C)C)CC1)C3. The quantitative estimate of drug-likeness (QED) is 0.369. The number of piperidine rings is 1. The average Bonchev–Trinajstić information content (AvgIpc) is 3.43. The molecule has 2 aliphatic heterocycles. The number of hydrogen-bond acceptors (Lipinski definition) is 10. The van der Waals surface area contributed by atoms with Gasteiger partial charge in [-0.25, -0.2) is 9.97 Å². The molecule has 4 aromatic heterocycles. The van der Waals surface area contributed by atoms with Crippen LogP contribution in [-0.2, 0) is 17.6 Å². The van der Waals surface area contributed by atoms with Crippen molar-refractivity contribution in [2.45, 2.75) is 50.5 Å². The van der Waals surface area contributed by atoms with Crippen molar-refractivity contribution in [3.05, 3.63) is 29.0 Å². The number of anilines is 2. The number of nitrogens with zero attached hydrogens (tertiary/aromatic N) is 6. The summed E-state index contributed by atoms with van der Waals surface area (Å²) >= 11 is 1.80. The van der Waals surface area contributed by atoms with Gasteiger partial charge in [0.15, 0.2) is 5.65 Å². The van der Waals surface area contributed by atoms with Gasteiger partial charge in [-0.1, -0.05) is 0 Å². The van der Waals surface area contributed by atoms with Crippen LogP contribution in [0.15, 0.2) is 18.6 Å². The van der Waals surface area contributed by atoms with Crippen molar-refractivity contribution in [2.24, 2.45) is 5.92 Å². The molecule has 6 heterocycles. The molecule has 0 spiro atoms. The van der Waals surface area contributed by atoms with E-state index in [-0.39, 0.29) is 0 Å². The molecule has 194 valence electrons. The summed E-state index contributed by atoms with van der Waals surface area (Å²) in [4.78, 5) is 21.2. The van der Waals surface area contributed by atoms with Crippen LogP contribution in [0, 0.1) is 5.92 Å². The van der Waals surface area contributed by atoms with E-state index in [1.807, 2.05) is 6.07 Å². The van der Waals surface area contributed by atoms with E-state index >= 15 is 0 Å². The summed E-state index contributed by atoms with van der Waals surface area (Å²) in [6, 6.07) is 2.69. The molecule has 3 unspecified atom stereocenters. The highest BCUT2D eigenvalue weighted by molar-refractivity contribution is 7.19. The van der Waals surface area contributed by atoms with Crippen LogP contribution in [-0.4, -0.2) is 87.6 Å². The number of likely N-dealkylation sites (tertiary alicyclic amines) is 1. The molecule has 4 aromatic rings. The molecule has 2 fully saturated rings. The Morgan fingerprint density at radius 2 is 2.08 bits per heavy atom. The summed E-state index contributed by atoms with van der Waals surface area (Å²) in [5.74, 6) is 1.86. The predicted molar refractivity (Wildman–Crippen MR) is 144 cm³/mol. The first-order valence-electron chi connectivity index (χ1n) is 13.1. The number of aryl methyl sites for hydroxylation is 1. The number of H-pyrrole nitrogens is 1. The van der Waals surface area contributed by atoms with Gasteiger partial charge in [-0.2, -0.15) is 10.1 Å². The topological polar surface area (TPSA) is 108 Å². The molecule has 0 bridgehead atoms. The fourth-order valence-electron chi connectivity index (χ4n) is 6.16. The van der Waals surface area contributed by atoms with Crippen LogP contribution in [0.4, 0.5) is 11.5 Å². The summed E-state index contributed by atoms with van der Waals surface area (Å²) in [5, 5.41) is 12.5. The second kappa shape index (κ2) is 9.16. The standard InChI is InChI=1S/C26H32N8O2S/c1-33(2)16-6-8-34(9-7-16)26-21(36-26)14-4-5-17-19(11-14)37-25-20(17)23(27-13-28-25)30-18-10-15-12-29-32-22(15)31-24(18)35-3/h10,12-14,16,21,26H,4-9,11H2,1-3H3,(H,27,28,30)(H,29,31,32). The number of rotatable bonds is 6. The van der Waals surface area contributed by atoms with Crippen molar-refractivity contribution < 1.29 is 9.47 Å². The smallest absolute Gasteiger partial charge is 0.239 e. The van der Waals surface area contributed by atoms with Crippen LogP contribution in [0.2, 0.25) is 0 Å². The van der Waals surface area contributed by atoms with Gasteiger partial charge in [-0.3, -0.25) is 10.00 Å². The molecule has 2 N–H and O–H groups in total. The zero-order valence-electron chi connectivity index (χ0n) is 21.4. The second-order valence-electron chi connectivity index (χ2n) is 10.6. The van der Waals surface area contributed by atoms with Crippen LogP contribution in [0.25, 0.3) is 21.3 Å². The number of epoxide rings is 1. The number of nitrogens with one attached hydrogen (secondary N) is 2. The Morgan fingerprint density at radius 3 is 2.89 bits per heavy atom. The first-order valence-corrected chi connectivity index (χ1v) is 13.9. The number of ether oxygens (including phenoxy) is 2. The maximum Gasteiger partial charge on any atom is 0.239 e. The summed E-state index contributed by atoms with van der Waals surface area (Å²) < 4.78 is 11.8. The lowest BCUT2D eigenvalue weighted by molar-refractivity contribution is 0.103. The Hall–Kier alpha value is -2.86. The number of fused-ring (bicyclic) bond motifs is 4. The molecule has 3 atom stereocenters. The largest absolute Gasteiger partial charge is 0.479 e. The second-order valence-corrected chi connectivity index (χ2v) is 11.7. The number of thiophene rings is 1. The fraction of sp³-hybridized carbons (Fsp3) is 0.538. The normalized spacial score (nSPS) is 24.6. The van der Waals surface area contributed by atoms with Crippen molar-refractivity contribution in [2.75, 3.05) is 39.6 Å². The Labute approximate surface area is 219 Å². The van der Waals surface area contributed by atoms with E-state index in [0.717, 1.165) is 59.5 Å². The molecule has 0 radical (unpaired) electrons. The van der Waals surface area contributed by atoms with Crippen LogP contribution in [0.5, 0.6) is 5.88 Å². The van der Waals surface area contributed by atoms with Crippen molar-refractivity contribution >= 4 is 44.1 Å². The van der Waals surface area contributed by atoms with Crippen molar-refractivity contribution in [3.8, 4) is 5.88 Å². The van der Waals surface area contributed by atoms with E-state index in [9.17, 15) is 0 Å². The Kier molecular flexibility index (Phi) is 5.76. The van der Waals surface area contributed by atoms with Gasteiger partial charge in [-0.15, -0.1) is 11.3 Å². The maximum absolute atomic E-state index is 6.29. The monoisotopic (exact) mass is 520 g/mol. The fourth-order valence-corrected chi connectivity index (χ4v) is 7.44. The van der Waals surface area contributed by atoms with Crippen molar-refractivity contribution in [1.82, 2.24) is 34.9 Å². The van der Waals surface area contributed by atoms with Gasteiger partial charge < -0.3 is 19.7 Å². The van der Waals surface area contributed by atoms with Crippen LogP contribution >= 0.6 is 11.3 Å². The maximum atomic E-state index is 6.29. The van der Waals surface area contributed by atoms with Crippen molar-refractivity contribution in [3.63, 3.8) is 0 Å². The summed E-state index contributed by atoms with van der Waals surface area (Å²) in [5.41, 5.74) is 2.83. The number of aromatic nitrogens is 5. The van der Waals surface area contributed by atoms with Gasteiger partial charge in [0.05, 0.1) is 18.7 Å². The molecule has 0 saturated carbocycles. The van der Waals surface area contributed by atoms with Gasteiger partial charge in [-0.05, 0) is 63.7 Å². The highest BCUT2D eigenvalue weighted by atomic mass is 32.1. The Bertz CT molecular complexity index is 1440. The molecule has 10 nitrogen and oxygen atoms in total. The third-order valence-corrected chi connectivity index (χ3v) is 9.44. The third kappa shape index (κ3) is 4.14.